The molecular weight excluding hydrogens is 376 g/mol. The predicted octanol–water partition coefficient (Wildman–Crippen LogP) is 3.78. The lowest BCUT2D eigenvalue weighted by Gasteiger charge is -2.29. The van der Waals surface area contributed by atoms with Crippen LogP contribution in [0.25, 0.3) is 5.65 Å². The lowest BCUT2D eigenvalue weighted by atomic mass is 10.1. The van der Waals surface area contributed by atoms with Crippen LogP contribution in [0, 0.1) is 25.2 Å². The van der Waals surface area contributed by atoms with E-state index in [2.05, 4.69) is 38.5 Å². The molecule has 0 atom stereocenters. The van der Waals surface area contributed by atoms with Gasteiger partial charge in [-0.15, -0.1) is 0 Å². The first-order valence-corrected chi connectivity index (χ1v) is 10.5. The summed E-state index contributed by atoms with van der Waals surface area (Å²) in [4.78, 5) is 19.5. The number of hydrogen-bond acceptors (Lipinski definition) is 5. The minimum Gasteiger partial charge on any atom is -0.371 e. The number of rotatable bonds is 5. The van der Waals surface area contributed by atoms with Gasteiger partial charge < -0.3 is 10.2 Å². The predicted molar refractivity (Wildman–Crippen MR) is 117 cm³/mol. The zero-order valence-electron chi connectivity index (χ0n) is 17.5. The first-order chi connectivity index (χ1) is 14.6. The van der Waals surface area contributed by atoms with E-state index >= 15 is 0 Å². The molecule has 7 nitrogen and oxygen atoms in total. The lowest BCUT2D eigenvalue weighted by Crippen LogP contribution is -2.29. The Morgan fingerprint density at radius 1 is 1.23 bits per heavy atom. The smallest absolute Gasteiger partial charge is 0.224 e. The van der Waals surface area contributed by atoms with Crippen molar-refractivity contribution in [2.75, 3.05) is 23.3 Å². The van der Waals surface area contributed by atoms with E-state index in [1.165, 1.54) is 31.1 Å². The molecular formula is C23H26N6O. The van der Waals surface area contributed by atoms with Gasteiger partial charge in [0, 0.05) is 42.3 Å². The number of hydrogen-bond donors (Lipinski definition) is 1. The largest absolute Gasteiger partial charge is 0.371 e. The number of amides is 1. The molecule has 1 aromatic carbocycles. The Bertz CT molecular complexity index is 1120. The quantitative estimate of drug-likeness (QED) is 0.702. The summed E-state index contributed by atoms with van der Waals surface area (Å²) in [5.41, 5.74) is 5.76. The molecule has 154 valence electrons. The zero-order chi connectivity index (χ0) is 21.1. The van der Waals surface area contributed by atoms with E-state index < -0.39 is 0 Å². The van der Waals surface area contributed by atoms with Crippen LogP contribution < -0.4 is 10.2 Å². The molecule has 1 aliphatic rings. The monoisotopic (exact) mass is 402 g/mol. The van der Waals surface area contributed by atoms with Crippen molar-refractivity contribution >= 4 is 22.9 Å². The van der Waals surface area contributed by atoms with Gasteiger partial charge in [0.05, 0.1) is 6.20 Å². The molecule has 3 aromatic rings. The Labute approximate surface area is 176 Å². The molecule has 1 aliphatic heterocycles. The van der Waals surface area contributed by atoms with Crippen molar-refractivity contribution in [2.45, 2.75) is 46.0 Å². The second-order valence-corrected chi connectivity index (χ2v) is 7.81. The van der Waals surface area contributed by atoms with Crippen LogP contribution in [0.5, 0.6) is 0 Å². The van der Waals surface area contributed by atoms with Crippen molar-refractivity contribution < 1.29 is 4.79 Å². The van der Waals surface area contributed by atoms with Crippen molar-refractivity contribution in [3.8, 4) is 6.07 Å². The van der Waals surface area contributed by atoms with Gasteiger partial charge in [0.1, 0.15) is 11.6 Å². The van der Waals surface area contributed by atoms with Crippen LogP contribution in [0.15, 0.2) is 30.5 Å². The molecule has 2 aromatic heterocycles. The molecule has 0 aliphatic carbocycles. The number of fused-ring (bicyclic) bond motifs is 1. The highest BCUT2D eigenvalue weighted by atomic mass is 16.1. The van der Waals surface area contributed by atoms with Crippen molar-refractivity contribution in [3.05, 3.63) is 53.0 Å². The second-order valence-electron chi connectivity index (χ2n) is 7.81. The SMILES string of the molecule is Cc1nc2c(C#N)cnn2c(C)c1CCC(=O)Nc1cccc(N2CCCCC2)c1. The van der Waals surface area contributed by atoms with Crippen LogP contribution in [0.3, 0.4) is 0 Å². The molecule has 1 amide bonds. The van der Waals surface area contributed by atoms with Crippen LogP contribution >= 0.6 is 0 Å². The zero-order valence-corrected chi connectivity index (χ0v) is 17.5. The standard InChI is InChI=1S/C23H26N6O/c1-16-21(17(2)29-23(26-16)18(14-24)15-25-29)9-10-22(30)27-19-7-6-8-20(13-19)28-11-4-3-5-12-28/h6-8,13,15H,3-5,9-12H2,1-2H3,(H,27,30). The van der Waals surface area contributed by atoms with Gasteiger partial charge in [-0.2, -0.15) is 10.4 Å². The maximum Gasteiger partial charge on any atom is 0.224 e. The number of aryl methyl sites for hydroxylation is 2. The van der Waals surface area contributed by atoms with Gasteiger partial charge in [-0.1, -0.05) is 6.07 Å². The number of piperidine rings is 1. The number of nitriles is 1. The van der Waals surface area contributed by atoms with Crippen LogP contribution in [0.1, 0.15) is 48.2 Å². The Morgan fingerprint density at radius 3 is 2.80 bits per heavy atom. The average molecular weight is 403 g/mol. The Kier molecular flexibility index (Phi) is 5.66. The summed E-state index contributed by atoms with van der Waals surface area (Å²) >= 11 is 0. The molecule has 3 heterocycles. The molecule has 0 radical (unpaired) electrons. The molecule has 0 unspecified atom stereocenters. The molecule has 4 rings (SSSR count). The van der Waals surface area contributed by atoms with Crippen LogP contribution in [0.2, 0.25) is 0 Å². The lowest BCUT2D eigenvalue weighted by molar-refractivity contribution is -0.116. The third-order valence-electron chi connectivity index (χ3n) is 5.78. The number of benzene rings is 1. The number of carbonyl (C=O) groups is 1. The van der Waals surface area contributed by atoms with E-state index in [4.69, 9.17) is 0 Å². The number of nitrogens with zero attached hydrogens (tertiary/aromatic N) is 5. The van der Waals surface area contributed by atoms with Crippen molar-refractivity contribution in [2.24, 2.45) is 0 Å². The fourth-order valence-electron chi connectivity index (χ4n) is 4.15. The summed E-state index contributed by atoms with van der Waals surface area (Å²) in [6.45, 7) is 6.01. The number of aromatic nitrogens is 3. The van der Waals surface area contributed by atoms with E-state index in [1.54, 1.807) is 4.52 Å². The van der Waals surface area contributed by atoms with Crippen molar-refractivity contribution in [1.29, 1.82) is 5.26 Å². The van der Waals surface area contributed by atoms with Gasteiger partial charge in [-0.05, 0) is 63.3 Å². The molecule has 0 bridgehead atoms. The van der Waals surface area contributed by atoms with Gasteiger partial charge >= 0.3 is 0 Å². The Morgan fingerprint density at radius 2 is 2.03 bits per heavy atom. The third-order valence-corrected chi connectivity index (χ3v) is 5.78. The van der Waals surface area contributed by atoms with Crippen LogP contribution in [-0.2, 0) is 11.2 Å². The highest BCUT2D eigenvalue weighted by Gasteiger charge is 2.15. The summed E-state index contributed by atoms with van der Waals surface area (Å²) < 4.78 is 1.68. The van der Waals surface area contributed by atoms with Crippen molar-refractivity contribution in [3.63, 3.8) is 0 Å². The summed E-state index contributed by atoms with van der Waals surface area (Å²) in [6.07, 6.45) is 6.19. The normalized spacial score (nSPS) is 14.0. The molecule has 7 heteroatoms. The topological polar surface area (TPSA) is 86.3 Å². The third kappa shape index (κ3) is 3.99. The number of carbonyl (C=O) groups excluding carboxylic acids is 1. The maximum atomic E-state index is 12.6. The van der Waals surface area contributed by atoms with E-state index in [-0.39, 0.29) is 5.91 Å². The minimum absolute atomic E-state index is 0.0251. The van der Waals surface area contributed by atoms with E-state index in [9.17, 15) is 10.1 Å². The summed E-state index contributed by atoms with van der Waals surface area (Å²) in [7, 11) is 0. The summed E-state index contributed by atoms with van der Waals surface area (Å²) in [5, 5.41) is 16.5. The van der Waals surface area contributed by atoms with Gasteiger partial charge in [0.2, 0.25) is 5.91 Å². The maximum absolute atomic E-state index is 12.6. The van der Waals surface area contributed by atoms with Gasteiger partial charge in [0.25, 0.3) is 0 Å². The molecule has 0 spiro atoms. The highest BCUT2D eigenvalue weighted by molar-refractivity contribution is 5.91. The second kappa shape index (κ2) is 8.54. The van der Waals surface area contributed by atoms with E-state index in [1.807, 2.05) is 26.0 Å². The van der Waals surface area contributed by atoms with Gasteiger partial charge in [0.15, 0.2) is 5.65 Å². The first kappa shape index (κ1) is 19.9. The Hall–Kier alpha value is -3.40. The van der Waals surface area contributed by atoms with Gasteiger partial charge in [-0.25, -0.2) is 9.50 Å². The molecule has 1 saturated heterocycles. The van der Waals surface area contributed by atoms with Gasteiger partial charge in [-0.3, -0.25) is 4.79 Å². The summed E-state index contributed by atoms with van der Waals surface area (Å²) in [5.74, 6) is -0.0251. The van der Waals surface area contributed by atoms with Crippen molar-refractivity contribution in [1.82, 2.24) is 14.6 Å². The first-order valence-electron chi connectivity index (χ1n) is 10.5. The molecule has 30 heavy (non-hydrogen) atoms. The number of anilines is 2. The van der Waals surface area contributed by atoms with Crippen LogP contribution in [0.4, 0.5) is 11.4 Å². The minimum atomic E-state index is -0.0251. The van der Waals surface area contributed by atoms with E-state index in [0.717, 1.165) is 35.7 Å². The Balaban J connectivity index is 1.44. The van der Waals surface area contributed by atoms with Crippen LogP contribution in [-0.4, -0.2) is 33.6 Å². The highest BCUT2D eigenvalue weighted by Crippen LogP contribution is 2.23. The fraction of sp³-hybridized carbons (Fsp3) is 0.391. The average Bonchev–Trinajstić information content (AvgIpc) is 3.17. The molecule has 1 fully saturated rings. The number of nitrogens with one attached hydrogen (secondary N) is 1. The molecule has 1 N–H and O–H groups in total. The molecule has 0 saturated carbocycles. The fourth-order valence-corrected chi connectivity index (χ4v) is 4.15. The summed E-state index contributed by atoms with van der Waals surface area (Å²) in [6, 6.07) is 10.2. The van der Waals surface area contributed by atoms with E-state index in [0.29, 0.717) is 24.1 Å².